The van der Waals surface area contributed by atoms with Crippen LogP contribution in [0.2, 0.25) is 10.0 Å². The van der Waals surface area contributed by atoms with E-state index in [9.17, 15) is 9.59 Å². The van der Waals surface area contributed by atoms with Crippen LogP contribution in [0.3, 0.4) is 0 Å². The van der Waals surface area contributed by atoms with E-state index in [0.717, 1.165) is 11.3 Å². The van der Waals surface area contributed by atoms with Crippen LogP contribution in [0.4, 0.5) is 5.69 Å². The second-order valence-corrected chi connectivity index (χ2v) is 8.23. The van der Waals surface area contributed by atoms with Crippen LogP contribution in [0.25, 0.3) is 0 Å². The molecule has 3 aromatic rings. The molecular formula is C20H19Cl2N5O2S. The minimum absolute atomic E-state index is 0.136. The predicted octanol–water partition coefficient (Wildman–Crippen LogP) is 4.09. The summed E-state index contributed by atoms with van der Waals surface area (Å²) in [7, 11) is 1.78. The van der Waals surface area contributed by atoms with E-state index in [-0.39, 0.29) is 24.1 Å². The number of hydrogen-bond donors (Lipinski definition) is 2. The summed E-state index contributed by atoms with van der Waals surface area (Å²) in [6, 6.07) is 12.3. The van der Waals surface area contributed by atoms with Gasteiger partial charge in [0.2, 0.25) is 5.91 Å². The number of carbonyl (C=O) groups excluding carboxylic acids is 2. The number of nitrogens with zero attached hydrogens (tertiary/aromatic N) is 3. The number of aryl methyl sites for hydroxylation is 1. The van der Waals surface area contributed by atoms with Crippen molar-refractivity contribution in [1.82, 2.24) is 20.1 Å². The van der Waals surface area contributed by atoms with Gasteiger partial charge >= 0.3 is 0 Å². The average Bonchev–Trinajstić information content (AvgIpc) is 3.06. The third-order valence-electron chi connectivity index (χ3n) is 4.15. The molecule has 0 saturated heterocycles. The minimum Gasteiger partial charge on any atom is -0.345 e. The number of halogens is 2. The first kappa shape index (κ1) is 22.1. The molecule has 7 nitrogen and oxygen atoms in total. The summed E-state index contributed by atoms with van der Waals surface area (Å²) in [5.41, 5.74) is 2.22. The molecule has 1 heterocycles. The van der Waals surface area contributed by atoms with E-state index in [0.29, 0.717) is 26.6 Å². The van der Waals surface area contributed by atoms with Crippen LogP contribution in [0.5, 0.6) is 0 Å². The SMILES string of the molecule is Cc1cccc(NC(=O)CSc2nnc(CNC(=O)c3ccc(Cl)c(Cl)c3)n2C)c1. The van der Waals surface area contributed by atoms with E-state index < -0.39 is 0 Å². The van der Waals surface area contributed by atoms with E-state index in [2.05, 4.69) is 20.8 Å². The van der Waals surface area contributed by atoms with Gasteiger partial charge in [-0.15, -0.1) is 10.2 Å². The van der Waals surface area contributed by atoms with Gasteiger partial charge < -0.3 is 15.2 Å². The van der Waals surface area contributed by atoms with Gasteiger partial charge in [-0.1, -0.05) is 47.1 Å². The highest BCUT2D eigenvalue weighted by molar-refractivity contribution is 7.99. The molecule has 10 heteroatoms. The second kappa shape index (κ2) is 9.97. The quantitative estimate of drug-likeness (QED) is 0.515. The maximum Gasteiger partial charge on any atom is 0.251 e. The Labute approximate surface area is 188 Å². The van der Waals surface area contributed by atoms with E-state index in [4.69, 9.17) is 23.2 Å². The summed E-state index contributed by atoms with van der Waals surface area (Å²) < 4.78 is 1.74. The third-order valence-corrected chi connectivity index (χ3v) is 5.91. The lowest BCUT2D eigenvalue weighted by molar-refractivity contribution is -0.113. The van der Waals surface area contributed by atoms with Crippen molar-refractivity contribution in [3.8, 4) is 0 Å². The van der Waals surface area contributed by atoms with Gasteiger partial charge in [0.1, 0.15) is 0 Å². The molecule has 0 saturated carbocycles. The fourth-order valence-electron chi connectivity index (χ4n) is 2.57. The molecule has 0 unspecified atom stereocenters. The van der Waals surface area contributed by atoms with Crippen LogP contribution >= 0.6 is 35.0 Å². The highest BCUT2D eigenvalue weighted by Crippen LogP contribution is 2.22. The van der Waals surface area contributed by atoms with Gasteiger partial charge in [0.15, 0.2) is 11.0 Å². The van der Waals surface area contributed by atoms with Gasteiger partial charge in [-0.05, 0) is 42.8 Å². The van der Waals surface area contributed by atoms with Crippen molar-refractivity contribution < 1.29 is 9.59 Å². The Hall–Kier alpha value is -2.55. The number of amides is 2. The molecule has 0 spiro atoms. The number of thioether (sulfide) groups is 1. The molecule has 0 atom stereocenters. The Kier molecular flexibility index (Phi) is 7.36. The van der Waals surface area contributed by atoms with E-state index in [1.54, 1.807) is 23.7 Å². The topological polar surface area (TPSA) is 88.9 Å². The number of nitrogens with one attached hydrogen (secondary N) is 2. The zero-order chi connectivity index (χ0) is 21.7. The number of rotatable bonds is 7. The summed E-state index contributed by atoms with van der Waals surface area (Å²) in [4.78, 5) is 24.5. The summed E-state index contributed by atoms with van der Waals surface area (Å²) in [6.07, 6.45) is 0. The Bertz CT molecular complexity index is 1090. The van der Waals surface area contributed by atoms with Crippen LogP contribution in [0.1, 0.15) is 21.7 Å². The largest absolute Gasteiger partial charge is 0.345 e. The Balaban J connectivity index is 1.53. The van der Waals surface area contributed by atoms with E-state index >= 15 is 0 Å². The lowest BCUT2D eigenvalue weighted by Crippen LogP contribution is -2.24. The van der Waals surface area contributed by atoms with Crippen molar-refractivity contribution >= 4 is 52.5 Å². The first-order chi connectivity index (χ1) is 14.3. The zero-order valence-electron chi connectivity index (χ0n) is 16.3. The number of hydrogen-bond acceptors (Lipinski definition) is 5. The van der Waals surface area contributed by atoms with Gasteiger partial charge in [0.25, 0.3) is 5.91 Å². The highest BCUT2D eigenvalue weighted by atomic mass is 35.5. The molecule has 2 amide bonds. The van der Waals surface area contributed by atoms with Gasteiger partial charge in [0, 0.05) is 18.3 Å². The smallest absolute Gasteiger partial charge is 0.251 e. The molecular weight excluding hydrogens is 445 g/mol. The lowest BCUT2D eigenvalue weighted by atomic mass is 10.2. The van der Waals surface area contributed by atoms with Crippen molar-refractivity contribution in [3.63, 3.8) is 0 Å². The summed E-state index contributed by atoms with van der Waals surface area (Å²) >= 11 is 13.1. The van der Waals surface area contributed by atoms with Gasteiger partial charge in [0.05, 0.1) is 22.3 Å². The number of anilines is 1. The van der Waals surface area contributed by atoms with E-state index in [1.165, 1.54) is 17.8 Å². The van der Waals surface area contributed by atoms with Crippen LogP contribution in [0.15, 0.2) is 47.6 Å². The standard InChI is InChI=1S/C20H19Cl2N5O2S/c1-12-4-3-5-14(8-12)24-18(28)11-30-20-26-25-17(27(20)2)10-23-19(29)13-6-7-15(21)16(22)9-13/h3-9H,10-11H2,1-2H3,(H,23,29)(H,24,28). The lowest BCUT2D eigenvalue weighted by Gasteiger charge is -2.07. The highest BCUT2D eigenvalue weighted by Gasteiger charge is 2.14. The molecule has 156 valence electrons. The normalized spacial score (nSPS) is 10.7. The first-order valence-electron chi connectivity index (χ1n) is 8.94. The maximum atomic E-state index is 12.3. The van der Waals surface area contributed by atoms with Crippen molar-refractivity contribution in [2.24, 2.45) is 7.05 Å². The fourth-order valence-corrected chi connectivity index (χ4v) is 3.60. The van der Waals surface area contributed by atoms with Crippen LogP contribution in [0, 0.1) is 6.92 Å². The Morgan fingerprint density at radius 2 is 1.90 bits per heavy atom. The molecule has 0 aliphatic heterocycles. The fraction of sp³-hybridized carbons (Fsp3) is 0.200. The summed E-state index contributed by atoms with van der Waals surface area (Å²) in [5.74, 6) is 0.312. The van der Waals surface area contributed by atoms with Gasteiger partial charge in [-0.3, -0.25) is 9.59 Å². The van der Waals surface area contributed by atoms with Gasteiger partial charge in [-0.25, -0.2) is 0 Å². The summed E-state index contributed by atoms with van der Waals surface area (Å²) in [5, 5.41) is 15.1. The molecule has 0 aliphatic carbocycles. The average molecular weight is 464 g/mol. The van der Waals surface area contributed by atoms with Crippen molar-refractivity contribution in [3.05, 3.63) is 69.5 Å². The Morgan fingerprint density at radius 3 is 2.63 bits per heavy atom. The Morgan fingerprint density at radius 1 is 1.10 bits per heavy atom. The third kappa shape index (κ3) is 5.75. The number of carbonyl (C=O) groups is 2. The monoisotopic (exact) mass is 463 g/mol. The zero-order valence-corrected chi connectivity index (χ0v) is 18.6. The molecule has 2 aromatic carbocycles. The number of aromatic nitrogens is 3. The predicted molar refractivity (Wildman–Crippen MR) is 119 cm³/mol. The molecule has 0 bridgehead atoms. The van der Waals surface area contributed by atoms with Crippen molar-refractivity contribution in [2.75, 3.05) is 11.1 Å². The molecule has 0 fully saturated rings. The van der Waals surface area contributed by atoms with Crippen LogP contribution in [-0.2, 0) is 18.4 Å². The molecule has 1 aromatic heterocycles. The minimum atomic E-state index is -0.302. The van der Waals surface area contributed by atoms with E-state index in [1.807, 2.05) is 31.2 Å². The van der Waals surface area contributed by atoms with Crippen molar-refractivity contribution in [1.29, 1.82) is 0 Å². The molecule has 2 N–H and O–H groups in total. The number of benzene rings is 2. The van der Waals surface area contributed by atoms with Crippen LogP contribution < -0.4 is 10.6 Å². The first-order valence-corrected chi connectivity index (χ1v) is 10.7. The van der Waals surface area contributed by atoms with Gasteiger partial charge in [-0.2, -0.15) is 0 Å². The second-order valence-electron chi connectivity index (χ2n) is 6.48. The van der Waals surface area contributed by atoms with Crippen LogP contribution in [-0.4, -0.2) is 32.3 Å². The molecule has 0 radical (unpaired) electrons. The molecule has 3 rings (SSSR count). The molecule has 30 heavy (non-hydrogen) atoms. The van der Waals surface area contributed by atoms with Crippen molar-refractivity contribution in [2.45, 2.75) is 18.6 Å². The summed E-state index contributed by atoms with van der Waals surface area (Å²) in [6.45, 7) is 2.14. The maximum absolute atomic E-state index is 12.3. The molecule has 0 aliphatic rings.